The van der Waals surface area contributed by atoms with E-state index in [2.05, 4.69) is 57.9 Å². The minimum absolute atomic E-state index is 0.0838. The van der Waals surface area contributed by atoms with E-state index in [9.17, 15) is 5.11 Å². The van der Waals surface area contributed by atoms with Crippen LogP contribution in [0.2, 0.25) is 0 Å². The molecule has 0 spiro atoms. The van der Waals surface area contributed by atoms with Crippen LogP contribution in [-0.4, -0.2) is 23.4 Å². The molecule has 0 aromatic heterocycles. The number of nitrogens with one attached hydrogen (secondary N) is 1. The van der Waals surface area contributed by atoms with Gasteiger partial charge in [0.2, 0.25) is 0 Å². The Balaban J connectivity index is 2.79. The Kier molecular flexibility index (Phi) is 6.30. The van der Waals surface area contributed by atoms with E-state index in [0.717, 1.165) is 26.8 Å². The average Bonchev–Trinajstić information content (AvgIpc) is 2.23. The fourth-order valence-corrected chi connectivity index (χ4v) is 2.93. The van der Waals surface area contributed by atoms with Crippen molar-refractivity contribution in [2.45, 2.75) is 45.9 Å². The summed E-state index contributed by atoms with van der Waals surface area (Å²) in [6.45, 7) is 9.17. The highest BCUT2D eigenvalue weighted by Gasteiger charge is 2.12. The first-order chi connectivity index (χ1) is 8.69. The molecule has 5 heteroatoms. The maximum Gasteiger partial charge on any atom is 0.147 e. The van der Waals surface area contributed by atoms with Crippen LogP contribution in [0.15, 0.2) is 21.1 Å². The minimum atomic E-state index is -0.485. The zero-order valence-electron chi connectivity index (χ0n) is 11.8. The molecule has 108 valence electrons. The van der Waals surface area contributed by atoms with E-state index in [1.165, 1.54) is 0 Å². The van der Waals surface area contributed by atoms with Gasteiger partial charge in [0.15, 0.2) is 0 Å². The number of rotatable bonds is 5. The van der Waals surface area contributed by atoms with Crippen LogP contribution < -0.4 is 10.1 Å². The lowest BCUT2D eigenvalue weighted by Gasteiger charge is -2.21. The van der Waals surface area contributed by atoms with Crippen molar-refractivity contribution in [3.8, 4) is 5.75 Å². The van der Waals surface area contributed by atoms with Crippen molar-refractivity contribution < 1.29 is 9.84 Å². The normalized spacial score (nSPS) is 13.4. The minimum Gasteiger partial charge on any atom is -0.489 e. The van der Waals surface area contributed by atoms with E-state index >= 15 is 0 Å². The van der Waals surface area contributed by atoms with Crippen molar-refractivity contribution in [3.05, 3.63) is 26.6 Å². The summed E-state index contributed by atoms with van der Waals surface area (Å²) in [5.74, 6) is 0.723. The molecule has 0 saturated heterocycles. The number of aliphatic hydroxyl groups excluding tert-OH is 1. The van der Waals surface area contributed by atoms with Gasteiger partial charge in [0, 0.05) is 12.1 Å². The molecule has 0 aliphatic rings. The highest BCUT2D eigenvalue weighted by molar-refractivity contribution is 9.11. The third-order valence-corrected chi connectivity index (χ3v) is 3.53. The fraction of sp³-hybridized carbons (Fsp3) is 0.571. The Hall–Kier alpha value is -0.100. The van der Waals surface area contributed by atoms with Crippen molar-refractivity contribution in [2.24, 2.45) is 0 Å². The quantitative estimate of drug-likeness (QED) is 0.796. The summed E-state index contributed by atoms with van der Waals surface area (Å²) in [5.41, 5.74) is 1.25. The summed E-state index contributed by atoms with van der Waals surface area (Å²) in [7, 11) is 0. The molecule has 0 aliphatic carbocycles. The molecule has 1 unspecified atom stereocenters. The highest BCUT2D eigenvalue weighted by Crippen LogP contribution is 2.35. The molecule has 0 bridgehead atoms. The van der Waals surface area contributed by atoms with E-state index in [4.69, 9.17) is 4.74 Å². The Morgan fingerprint density at radius 2 is 1.79 bits per heavy atom. The largest absolute Gasteiger partial charge is 0.489 e. The number of halogens is 2. The second kappa shape index (κ2) is 7.07. The monoisotopic (exact) mass is 393 g/mol. The molecule has 0 saturated carbocycles. The van der Waals surface area contributed by atoms with Gasteiger partial charge in [-0.25, -0.2) is 0 Å². The molecule has 3 nitrogen and oxygen atoms in total. The number of ether oxygens (including phenoxy) is 1. The zero-order chi connectivity index (χ0) is 14.6. The summed E-state index contributed by atoms with van der Waals surface area (Å²) in [6, 6.07) is 4.06. The van der Waals surface area contributed by atoms with Crippen LogP contribution in [0.3, 0.4) is 0 Å². The summed E-state index contributed by atoms with van der Waals surface area (Å²) >= 11 is 7.01. The molecule has 1 rings (SSSR count). The van der Waals surface area contributed by atoms with Crippen LogP contribution in [0.4, 0.5) is 0 Å². The van der Waals surface area contributed by atoms with Gasteiger partial charge in [-0.2, -0.15) is 0 Å². The molecule has 0 fully saturated rings. The Bertz CT molecular complexity index is 405. The van der Waals surface area contributed by atoms with E-state index < -0.39 is 6.10 Å². The topological polar surface area (TPSA) is 41.5 Å². The van der Waals surface area contributed by atoms with E-state index in [-0.39, 0.29) is 12.1 Å². The van der Waals surface area contributed by atoms with Gasteiger partial charge in [0.25, 0.3) is 0 Å². The van der Waals surface area contributed by atoms with Crippen molar-refractivity contribution in [2.75, 3.05) is 6.61 Å². The molecule has 19 heavy (non-hydrogen) atoms. The van der Waals surface area contributed by atoms with Gasteiger partial charge < -0.3 is 15.2 Å². The first-order valence-electron chi connectivity index (χ1n) is 6.23. The van der Waals surface area contributed by atoms with Crippen molar-refractivity contribution in [3.63, 3.8) is 0 Å². The third kappa shape index (κ3) is 6.25. The maximum absolute atomic E-state index is 9.26. The zero-order valence-corrected chi connectivity index (χ0v) is 14.9. The first-order valence-corrected chi connectivity index (χ1v) is 7.81. The maximum atomic E-state index is 9.26. The third-order valence-electron chi connectivity index (χ3n) is 2.35. The predicted molar refractivity (Wildman–Crippen MR) is 85.6 cm³/mol. The number of hydrogen-bond donors (Lipinski definition) is 2. The summed E-state index contributed by atoms with van der Waals surface area (Å²) in [5, 5.41) is 12.7. The van der Waals surface area contributed by atoms with Crippen LogP contribution >= 0.6 is 31.9 Å². The molecule has 1 aromatic carbocycles. The number of hydrogen-bond acceptors (Lipinski definition) is 3. The molecule has 0 radical (unpaired) electrons. The highest BCUT2D eigenvalue weighted by atomic mass is 79.9. The molecule has 1 atom stereocenters. The van der Waals surface area contributed by atoms with Gasteiger partial charge in [0.05, 0.1) is 15.0 Å². The molecule has 0 heterocycles. The van der Waals surface area contributed by atoms with Crippen molar-refractivity contribution in [1.82, 2.24) is 5.32 Å². The Morgan fingerprint density at radius 3 is 2.21 bits per heavy atom. The Labute approximate surface area is 132 Å². The van der Waals surface area contributed by atoms with Gasteiger partial charge in [-0.15, -0.1) is 0 Å². The number of benzene rings is 1. The fourth-order valence-electron chi connectivity index (χ4n) is 1.42. The van der Waals surface area contributed by atoms with Crippen molar-refractivity contribution >= 4 is 31.9 Å². The summed E-state index contributed by atoms with van der Waals surface area (Å²) < 4.78 is 7.33. The Morgan fingerprint density at radius 1 is 1.26 bits per heavy atom. The number of aliphatic hydroxyl groups is 1. The smallest absolute Gasteiger partial charge is 0.147 e. The lowest BCUT2D eigenvalue weighted by Crippen LogP contribution is -2.35. The molecule has 2 N–H and O–H groups in total. The molecule has 1 aromatic rings. The van der Waals surface area contributed by atoms with E-state index in [0.29, 0.717) is 0 Å². The average molecular weight is 395 g/mol. The van der Waals surface area contributed by atoms with Crippen LogP contribution in [0.1, 0.15) is 33.3 Å². The lowest BCUT2D eigenvalue weighted by atomic mass is 10.1. The predicted octanol–water partition coefficient (Wildman–Crippen LogP) is 3.86. The van der Waals surface area contributed by atoms with Gasteiger partial charge in [-0.1, -0.05) is 0 Å². The SMILES string of the molecule is CC(O)COc1c(Br)cc(CNC(C)(C)C)cc1Br. The van der Waals surface area contributed by atoms with Crippen molar-refractivity contribution in [1.29, 1.82) is 0 Å². The van der Waals surface area contributed by atoms with Gasteiger partial charge >= 0.3 is 0 Å². The summed E-state index contributed by atoms with van der Waals surface area (Å²) in [6.07, 6.45) is -0.485. The van der Waals surface area contributed by atoms with Crippen LogP contribution in [-0.2, 0) is 6.54 Å². The standard InChI is InChI=1S/C14H21Br2NO2/c1-9(18)8-19-13-11(15)5-10(6-12(13)16)7-17-14(2,3)4/h5-6,9,17-18H,7-8H2,1-4H3. The molecular formula is C14H21Br2NO2. The molecular weight excluding hydrogens is 374 g/mol. The summed E-state index contributed by atoms with van der Waals surface area (Å²) in [4.78, 5) is 0. The molecule has 0 aliphatic heterocycles. The lowest BCUT2D eigenvalue weighted by molar-refractivity contribution is 0.122. The molecule has 0 amide bonds. The van der Waals surface area contributed by atoms with Crippen LogP contribution in [0.25, 0.3) is 0 Å². The van der Waals surface area contributed by atoms with Gasteiger partial charge in [0.1, 0.15) is 12.4 Å². The van der Waals surface area contributed by atoms with E-state index in [1.807, 2.05) is 12.1 Å². The van der Waals surface area contributed by atoms with Gasteiger partial charge in [-0.05, 0) is 77.3 Å². The first kappa shape index (κ1) is 17.0. The van der Waals surface area contributed by atoms with Crippen LogP contribution in [0.5, 0.6) is 5.75 Å². The second-order valence-corrected chi connectivity index (χ2v) is 7.36. The van der Waals surface area contributed by atoms with Crippen LogP contribution in [0, 0.1) is 0 Å². The van der Waals surface area contributed by atoms with Gasteiger partial charge in [-0.3, -0.25) is 0 Å². The second-order valence-electron chi connectivity index (χ2n) is 5.65. The van der Waals surface area contributed by atoms with E-state index in [1.54, 1.807) is 6.92 Å².